The first-order chi connectivity index (χ1) is 9.93. The average Bonchev–Trinajstić information content (AvgIpc) is 3.07. The minimum absolute atomic E-state index is 0.268. The van der Waals surface area contributed by atoms with Gasteiger partial charge in [-0.15, -0.1) is 0 Å². The minimum atomic E-state index is 0.268. The summed E-state index contributed by atoms with van der Waals surface area (Å²) in [5, 5.41) is 3.80. The van der Waals surface area contributed by atoms with Crippen LogP contribution in [0.1, 0.15) is 52.1 Å². The predicted molar refractivity (Wildman–Crippen MR) is 89.3 cm³/mol. The summed E-state index contributed by atoms with van der Waals surface area (Å²) in [5.41, 5.74) is 2.29. The fourth-order valence-electron chi connectivity index (χ4n) is 3.69. The molecule has 0 amide bonds. The van der Waals surface area contributed by atoms with Crippen molar-refractivity contribution in [3.8, 4) is 0 Å². The molecule has 1 aliphatic carbocycles. The summed E-state index contributed by atoms with van der Waals surface area (Å²) >= 11 is 0. The molecule has 1 aromatic carbocycles. The molecule has 1 aliphatic heterocycles. The molecule has 21 heavy (non-hydrogen) atoms. The average molecular weight is 286 g/mol. The van der Waals surface area contributed by atoms with Gasteiger partial charge in [-0.3, -0.25) is 4.90 Å². The van der Waals surface area contributed by atoms with Gasteiger partial charge < -0.3 is 5.32 Å². The van der Waals surface area contributed by atoms with Crippen LogP contribution in [0.2, 0.25) is 0 Å². The zero-order chi connectivity index (χ0) is 15.1. The van der Waals surface area contributed by atoms with Gasteiger partial charge in [0.2, 0.25) is 0 Å². The molecule has 3 unspecified atom stereocenters. The second kappa shape index (κ2) is 5.40. The molecule has 0 aromatic heterocycles. The van der Waals surface area contributed by atoms with Gasteiger partial charge in [-0.2, -0.15) is 0 Å². The summed E-state index contributed by atoms with van der Waals surface area (Å²) in [4.78, 5) is 2.74. The minimum Gasteiger partial charge on any atom is -0.308 e. The van der Waals surface area contributed by atoms with Crippen molar-refractivity contribution in [2.24, 2.45) is 11.3 Å². The first-order valence-electron chi connectivity index (χ1n) is 8.47. The molecule has 2 aliphatic rings. The van der Waals surface area contributed by atoms with E-state index in [4.69, 9.17) is 0 Å². The Balaban J connectivity index is 1.78. The number of benzene rings is 1. The van der Waals surface area contributed by atoms with Crippen LogP contribution in [0, 0.1) is 11.3 Å². The van der Waals surface area contributed by atoms with Gasteiger partial charge in [-0.25, -0.2) is 0 Å². The molecule has 2 fully saturated rings. The Labute approximate surface area is 129 Å². The highest BCUT2D eigenvalue weighted by atomic mass is 15.3. The first kappa shape index (κ1) is 15.1. The number of piperazine rings is 1. The van der Waals surface area contributed by atoms with Crippen LogP contribution in [0.5, 0.6) is 0 Å². The van der Waals surface area contributed by atoms with Gasteiger partial charge in [0.15, 0.2) is 0 Å². The Morgan fingerprint density at radius 3 is 2.43 bits per heavy atom. The van der Waals surface area contributed by atoms with Gasteiger partial charge in [-0.05, 0) is 36.7 Å². The molecule has 1 saturated carbocycles. The van der Waals surface area contributed by atoms with E-state index in [-0.39, 0.29) is 5.54 Å². The lowest BCUT2D eigenvalue weighted by Crippen LogP contribution is -2.59. The molecule has 3 rings (SSSR count). The van der Waals surface area contributed by atoms with E-state index >= 15 is 0 Å². The van der Waals surface area contributed by atoms with E-state index in [1.807, 2.05) is 0 Å². The lowest BCUT2D eigenvalue weighted by molar-refractivity contribution is 0.0764. The van der Waals surface area contributed by atoms with Crippen molar-refractivity contribution in [2.45, 2.75) is 52.1 Å². The van der Waals surface area contributed by atoms with Crippen molar-refractivity contribution in [3.05, 3.63) is 35.9 Å². The molecule has 0 bridgehead atoms. The van der Waals surface area contributed by atoms with Crippen LogP contribution in [0.3, 0.4) is 0 Å². The molecular weight excluding hydrogens is 256 g/mol. The molecule has 1 saturated heterocycles. The number of hydrogen-bond donors (Lipinski definition) is 1. The summed E-state index contributed by atoms with van der Waals surface area (Å²) in [6, 6.07) is 11.6. The molecule has 0 radical (unpaired) electrons. The first-order valence-corrected chi connectivity index (χ1v) is 8.47. The maximum Gasteiger partial charge on any atom is 0.0473 e. The van der Waals surface area contributed by atoms with E-state index in [9.17, 15) is 0 Å². The second-order valence-electron chi connectivity index (χ2n) is 8.04. The summed E-state index contributed by atoms with van der Waals surface area (Å²) in [6.45, 7) is 13.0. The zero-order valence-corrected chi connectivity index (χ0v) is 14.0. The van der Waals surface area contributed by atoms with Crippen molar-refractivity contribution in [1.82, 2.24) is 10.2 Å². The van der Waals surface area contributed by atoms with Gasteiger partial charge in [0.25, 0.3) is 0 Å². The molecule has 0 spiro atoms. The van der Waals surface area contributed by atoms with Crippen LogP contribution in [0.25, 0.3) is 0 Å². The summed E-state index contributed by atoms with van der Waals surface area (Å²) < 4.78 is 0. The maximum absolute atomic E-state index is 3.80. The summed E-state index contributed by atoms with van der Waals surface area (Å²) in [6.07, 6.45) is 2.58. The van der Waals surface area contributed by atoms with Gasteiger partial charge >= 0.3 is 0 Å². The Morgan fingerprint density at radius 2 is 1.86 bits per heavy atom. The molecule has 1 N–H and O–H groups in total. The van der Waals surface area contributed by atoms with Crippen LogP contribution in [-0.2, 0) is 0 Å². The Hall–Kier alpha value is -0.860. The van der Waals surface area contributed by atoms with Crippen molar-refractivity contribution in [3.63, 3.8) is 0 Å². The third kappa shape index (κ3) is 3.17. The van der Waals surface area contributed by atoms with E-state index < -0.39 is 0 Å². The largest absolute Gasteiger partial charge is 0.308 e. The lowest BCUT2D eigenvalue weighted by Gasteiger charge is -2.46. The van der Waals surface area contributed by atoms with Gasteiger partial charge in [0.05, 0.1) is 0 Å². The van der Waals surface area contributed by atoms with Gasteiger partial charge in [0.1, 0.15) is 0 Å². The van der Waals surface area contributed by atoms with Crippen LogP contribution < -0.4 is 5.32 Å². The van der Waals surface area contributed by atoms with Gasteiger partial charge in [0, 0.05) is 31.2 Å². The fraction of sp³-hybridized carbons (Fsp3) is 0.684. The quantitative estimate of drug-likeness (QED) is 0.904. The van der Waals surface area contributed by atoms with Crippen molar-refractivity contribution >= 4 is 0 Å². The topological polar surface area (TPSA) is 15.3 Å². The fourth-order valence-corrected chi connectivity index (χ4v) is 3.69. The van der Waals surface area contributed by atoms with E-state index in [0.29, 0.717) is 11.5 Å². The number of rotatable bonds is 4. The van der Waals surface area contributed by atoms with E-state index in [0.717, 1.165) is 19.0 Å². The predicted octanol–water partition coefficient (Wildman–Crippen LogP) is 3.85. The zero-order valence-electron chi connectivity index (χ0n) is 14.0. The van der Waals surface area contributed by atoms with Crippen LogP contribution in [-0.4, -0.2) is 30.1 Å². The summed E-state index contributed by atoms with van der Waals surface area (Å²) in [5.74, 6) is 0.878. The Kier molecular flexibility index (Phi) is 3.87. The molecule has 2 heteroatoms. The Bertz CT molecular complexity index is 482. The summed E-state index contributed by atoms with van der Waals surface area (Å²) in [7, 11) is 0. The van der Waals surface area contributed by atoms with Crippen molar-refractivity contribution in [1.29, 1.82) is 0 Å². The second-order valence-corrected chi connectivity index (χ2v) is 8.04. The molecule has 1 aromatic rings. The van der Waals surface area contributed by atoms with E-state index in [1.54, 1.807) is 0 Å². The monoisotopic (exact) mass is 286 g/mol. The van der Waals surface area contributed by atoms with E-state index in [2.05, 4.69) is 68.2 Å². The molecule has 116 valence electrons. The molecule has 2 nitrogen and oxygen atoms in total. The van der Waals surface area contributed by atoms with Crippen LogP contribution in [0.4, 0.5) is 0 Å². The molecular formula is C19H30N2. The highest BCUT2D eigenvalue weighted by Crippen LogP contribution is 2.52. The Morgan fingerprint density at radius 1 is 1.19 bits per heavy atom. The highest BCUT2D eigenvalue weighted by Gasteiger charge is 2.48. The standard InChI is InChI=1S/C19H30N2/c1-5-19(4)14-21(13-16-11-18(16,2)3)17(12-20-19)15-9-7-6-8-10-15/h6-10,16-17,20H,5,11-14H2,1-4H3. The number of nitrogens with zero attached hydrogens (tertiary/aromatic N) is 1. The molecule has 3 atom stereocenters. The van der Waals surface area contributed by atoms with Crippen LogP contribution in [0.15, 0.2) is 30.3 Å². The van der Waals surface area contributed by atoms with Crippen molar-refractivity contribution < 1.29 is 0 Å². The lowest BCUT2D eigenvalue weighted by atomic mass is 9.90. The maximum atomic E-state index is 3.80. The van der Waals surface area contributed by atoms with Crippen molar-refractivity contribution in [2.75, 3.05) is 19.6 Å². The van der Waals surface area contributed by atoms with E-state index in [1.165, 1.54) is 24.9 Å². The smallest absolute Gasteiger partial charge is 0.0473 e. The molecule has 1 heterocycles. The van der Waals surface area contributed by atoms with Gasteiger partial charge in [-0.1, -0.05) is 51.1 Å². The third-order valence-electron chi connectivity index (χ3n) is 5.85. The SMILES string of the molecule is CCC1(C)CN(CC2CC2(C)C)C(c2ccccc2)CN1. The highest BCUT2D eigenvalue weighted by molar-refractivity contribution is 5.21. The number of nitrogens with one attached hydrogen (secondary N) is 1. The number of hydrogen-bond acceptors (Lipinski definition) is 2. The van der Waals surface area contributed by atoms with Crippen LogP contribution >= 0.6 is 0 Å². The third-order valence-corrected chi connectivity index (χ3v) is 5.85. The normalized spacial score (nSPS) is 35.6.